The van der Waals surface area contributed by atoms with Crippen LogP contribution in [-0.2, 0) is 14.0 Å². The minimum absolute atomic E-state index is 0.0105. The summed E-state index contributed by atoms with van der Waals surface area (Å²) in [4.78, 5) is 11.6. The molecular weight excluding hydrogens is 244 g/mol. The van der Waals surface area contributed by atoms with E-state index >= 15 is 0 Å². The molecule has 0 saturated heterocycles. The van der Waals surface area contributed by atoms with Gasteiger partial charge in [0.15, 0.2) is 9.76 Å². The average molecular weight is 272 g/mol. The maximum absolute atomic E-state index is 11.6. The van der Waals surface area contributed by atoms with Gasteiger partial charge in [0.05, 0.1) is 11.8 Å². The van der Waals surface area contributed by atoms with Crippen LogP contribution in [0.5, 0.6) is 0 Å². The van der Waals surface area contributed by atoms with E-state index in [0.717, 1.165) is 12.8 Å². The lowest BCUT2D eigenvalue weighted by atomic mass is 10.1. The van der Waals surface area contributed by atoms with Crippen LogP contribution in [0.1, 0.15) is 58.3 Å². The molecule has 0 aliphatic carbocycles. The smallest absolute Gasteiger partial charge is 0.312 e. The molecule has 0 radical (unpaired) electrons. The van der Waals surface area contributed by atoms with E-state index in [1.165, 1.54) is 44.8 Å². The van der Waals surface area contributed by atoms with Crippen molar-refractivity contribution in [3.63, 3.8) is 0 Å². The maximum Gasteiger partial charge on any atom is 0.312 e. The number of carbonyl (C=O) groups is 1. The first-order valence-electron chi connectivity index (χ1n) is 7.06. The van der Waals surface area contributed by atoms with Crippen molar-refractivity contribution in [2.45, 2.75) is 63.8 Å². The summed E-state index contributed by atoms with van der Waals surface area (Å²) in [6.45, 7) is 5.64. The van der Waals surface area contributed by atoms with Gasteiger partial charge in [0.1, 0.15) is 0 Å². The van der Waals surface area contributed by atoms with Crippen molar-refractivity contribution in [2.24, 2.45) is 0 Å². The molecule has 0 saturated carbocycles. The standard InChI is InChI=1S/C14H28O3Si/c1-4-6-7-8-9-10-11-12-13(18-16-3)14(15)17-5-2/h5,13H,2,4,6-12,18H2,1,3H3. The molecule has 18 heavy (non-hydrogen) atoms. The molecule has 0 aromatic rings. The maximum atomic E-state index is 11.6. The fraction of sp³-hybridized carbons (Fsp3) is 0.786. The number of carbonyl (C=O) groups excluding carboxylic acids is 1. The molecule has 0 aromatic carbocycles. The lowest BCUT2D eigenvalue weighted by Crippen LogP contribution is -2.17. The molecule has 3 nitrogen and oxygen atoms in total. The van der Waals surface area contributed by atoms with Gasteiger partial charge in [-0.1, -0.05) is 58.4 Å². The molecule has 0 aromatic heterocycles. The summed E-state index contributed by atoms with van der Waals surface area (Å²) in [6.07, 6.45) is 11.0. The zero-order valence-corrected chi connectivity index (χ0v) is 13.4. The third-order valence-corrected chi connectivity index (χ3v) is 4.53. The van der Waals surface area contributed by atoms with Crippen molar-refractivity contribution >= 4 is 15.7 Å². The highest BCUT2D eigenvalue weighted by Gasteiger charge is 2.19. The summed E-state index contributed by atoms with van der Waals surface area (Å²) >= 11 is 0. The zero-order valence-electron chi connectivity index (χ0n) is 12.0. The van der Waals surface area contributed by atoms with Crippen molar-refractivity contribution in [1.29, 1.82) is 0 Å². The Bertz CT molecular complexity index is 219. The van der Waals surface area contributed by atoms with Crippen LogP contribution in [0.25, 0.3) is 0 Å². The van der Waals surface area contributed by atoms with Gasteiger partial charge in [-0.3, -0.25) is 4.79 Å². The molecule has 0 aliphatic heterocycles. The van der Waals surface area contributed by atoms with Gasteiger partial charge in [-0.25, -0.2) is 0 Å². The van der Waals surface area contributed by atoms with Crippen LogP contribution in [0.3, 0.4) is 0 Å². The number of hydrogen-bond donors (Lipinski definition) is 0. The molecule has 0 fully saturated rings. The van der Waals surface area contributed by atoms with Gasteiger partial charge in [0.2, 0.25) is 0 Å². The minimum Gasteiger partial charge on any atom is -0.435 e. The van der Waals surface area contributed by atoms with Crippen molar-refractivity contribution in [3.05, 3.63) is 12.8 Å². The fourth-order valence-electron chi connectivity index (χ4n) is 2.00. The first kappa shape index (κ1) is 17.4. The molecule has 106 valence electrons. The number of ether oxygens (including phenoxy) is 1. The molecular formula is C14H28O3Si. The van der Waals surface area contributed by atoms with Crippen molar-refractivity contribution in [2.75, 3.05) is 7.11 Å². The van der Waals surface area contributed by atoms with Crippen LogP contribution in [-0.4, -0.2) is 22.8 Å². The summed E-state index contributed by atoms with van der Waals surface area (Å²) < 4.78 is 10.0. The number of hydrogen-bond acceptors (Lipinski definition) is 3. The van der Waals surface area contributed by atoms with Crippen LogP contribution in [0.4, 0.5) is 0 Å². The number of rotatable bonds is 12. The van der Waals surface area contributed by atoms with Crippen LogP contribution < -0.4 is 0 Å². The van der Waals surface area contributed by atoms with Crippen LogP contribution in [0.2, 0.25) is 5.54 Å². The highest BCUT2D eigenvalue weighted by molar-refractivity contribution is 6.36. The molecule has 0 aliphatic rings. The SMILES string of the molecule is C=COC(=O)C(CCCCCCCCC)[SiH2]OC. The van der Waals surface area contributed by atoms with Gasteiger partial charge in [0, 0.05) is 7.11 Å². The van der Waals surface area contributed by atoms with Crippen molar-refractivity contribution in [3.8, 4) is 0 Å². The lowest BCUT2D eigenvalue weighted by molar-refractivity contribution is -0.138. The minimum atomic E-state index is -0.802. The molecule has 0 amide bonds. The zero-order chi connectivity index (χ0) is 13.6. The number of esters is 1. The van der Waals surface area contributed by atoms with Gasteiger partial charge in [-0.15, -0.1) is 0 Å². The molecule has 1 atom stereocenters. The lowest BCUT2D eigenvalue weighted by Gasteiger charge is -2.12. The summed E-state index contributed by atoms with van der Waals surface area (Å²) in [6, 6.07) is 0. The molecule has 0 bridgehead atoms. The highest BCUT2D eigenvalue weighted by atomic mass is 28.2. The van der Waals surface area contributed by atoms with E-state index in [-0.39, 0.29) is 11.5 Å². The third-order valence-electron chi connectivity index (χ3n) is 3.06. The van der Waals surface area contributed by atoms with Crippen LogP contribution >= 0.6 is 0 Å². The first-order valence-corrected chi connectivity index (χ1v) is 8.46. The summed E-state index contributed by atoms with van der Waals surface area (Å²) in [7, 11) is 0.870. The fourth-order valence-corrected chi connectivity index (χ4v) is 3.09. The second-order valence-electron chi connectivity index (χ2n) is 4.67. The summed E-state index contributed by atoms with van der Waals surface area (Å²) in [5, 5.41) is 0. The predicted octanol–water partition coefficient (Wildman–Crippen LogP) is 3.33. The van der Waals surface area contributed by atoms with Gasteiger partial charge in [-0.05, 0) is 6.42 Å². The largest absolute Gasteiger partial charge is 0.435 e. The Balaban J connectivity index is 3.63. The highest BCUT2D eigenvalue weighted by Crippen LogP contribution is 2.18. The average Bonchev–Trinajstić information content (AvgIpc) is 2.36. The Hall–Kier alpha value is -0.613. The number of unbranched alkanes of at least 4 members (excludes halogenated alkanes) is 6. The summed E-state index contributed by atoms with van der Waals surface area (Å²) in [5.41, 5.74) is -0.0105. The quantitative estimate of drug-likeness (QED) is 0.237. The third kappa shape index (κ3) is 9.42. The Morgan fingerprint density at radius 1 is 1.22 bits per heavy atom. The second-order valence-corrected chi connectivity index (χ2v) is 6.56. The Morgan fingerprint density at radius 2 is 1.83 bits per heavy atom. The predicted molar refractivity (Wildman–Crippen MR) is 78.2 cm³/mol. The van der Waals surface area contributed by atoms with Gasteiger partial charge in [0.25, 0.3) is 0 Å². The monoisotopic (exact) mass is 272 g/mol. The van der Waals surface area contributed by atoms with Gasteiger partial charge >= 0.3 is 5.97 Å². The molecule has 4 heteroatoms. The first-order chi connectivity index (χ1) is 8.76. The normalized spacial score (nSPS) is 12.8. The van der Waals surface area contributed by atoms with Gasteiger partial charge < -0.3 is 9.16 Å². The van der Waals surface area contributed by atoms with E-state index < -0.39 is 9.76 Å². The van der Waals surface area contributed by atoms with Gasteiger partial charge in [-0.2, -0.15) is 0 Å². The van der Waals surface area contributed by atoms with E-state index in [1.807, 2.05) is 0 Å². The van der Waals surface area contributed by atoms with E-state index in [0.29, 0.717) is 0 Å². The molecule has 0 rings (SSSR count). The van der Waals surface area contributed by atoms with Crippen molar-refractivity contribution < 1.29 is 14.0 Å². The second kappa shape index (κ2) is 12.8. The Morgan fingerprint density at radius 3 is 2.39 bits per heavy atom. The van der Waals surface area contributed by atoms with E-state index in [2.05, 4.69) is 13.5 Å². The van der Waals surface area contributed by atoms with Crippen molar-refractivity contribution in [1.82, 2.24) is 0 Å². The Labute approximate surface area is 114 Å². The van der Waals surface area contributed by atoms with E-state index in [1.54, 1.807) is 7.11 Å². The molecule has 0 spiro atoms. The van der Waals surface area contributed by atoms with Crippen LogP contribution in [0, 0.1) is 0 Å². The molecule has 0 N–H and O–H groups in total. The molecule has 0 heterocycles. The van der Waals surface area contributed by atoms with E-state index in [4.69, 9.17) is 9.16 Å². The molecule has 1 unspecified atom stereocenters. The topological polar surface area (TPSA) is 35.5 Å². The Kier molecular flexibility index (Phi) is 12.4. The summed E-state index contributed by atoms with van der Waals surface area (Å²) in [5.74, 6) is -0.163. The van der Waals surface area contributed by atoms with E-state index in [9.17, 15) is 4.79 Å². The van der Waals surface area contributed by atoms with Crippen LogP contribution in [0.15, 0.2) is 12.8 Å².